The normalized spacial score (nSPS) is 19.2. The number of nitrogens with one attached hydrogen (secondary N) is 2. The number of hydrogen-bond donors (Lipinski definition) is 4. The zero-order valence-electron chi connectivity index (χ0n) is 17.9. The fourth-order valence-electron chi connectivity index (χ4n) is 5.20. The topological polar surface area (TPSA) is 135 Å². The van der Waals surface area contributed by atoms with Crippen molar-refractivity contribution in [2.24, 2.45) is 11.1 Å². The lowest BCUT2D eigenvalue weighted by Gasteiger charge is -2.42. The Morgan fingerprint density at radius 2 is 1.97 bits per heavy atom. The van der Waals surface area contributed by atoms with Crippen LogP contribution in [0.2, 0.25) is 5.02 Å². The Hall–Kier alpha value is -3.43. The summed E-state index contributed by atoms with van der Waals surface area (Å²) in [7, 11) is 0. The molecule has 0 bridgehead atoms. The number of hydrogen-bond acceptors (Lipinski definition) is 8. The molecule has 33 heavy (non-hydrogen) atoms. The molecule has 4 aromatic rings. The molecule has 1 aliphatic carbocycles. The van der Waals surface area contributed by atoms with Crippen LogP contribution in [0, 0.1) is 5.41 Å². The summed E-state index contributed by atoms with van der Waals surface area (Å²) >= 11 is 6.24. The second kappa shape index (κ2) is 7.57. The number of fused-ring (bicyclic) bond motifs is 2. The van der Waals surface area contributed by atoms with Crippen molar-refractivity contribution >= 4 is 45.9 Å². The van der Waals surface area contributed by atoms with Gasteiger partial charge in [-0.2, -0.15) is 5.10 Å². The number of rotatable bonds is 3. The lowest BCUT2D eigenvalue weighted by molar-refractivity contribution is 0.187. The summed E-state index contributed by atoms with van der Waals surface area (Å²) in [6.07, 6.45) is 6.49. The summed E-state index contributed by atoms with van der Waals surface area (Å²) in [6, 6.07) is 10.4. The Kier molecular flexibility index (Phi) is 4.63. The molecule has 0 radical (unpaired) electrons. The van der Waals surface area contributed by atoms with Gasteiger partial charge in [0.05, 0.1) is 11.9 Å². The molecule has 2 aliphatic rings. The molecule has 0 amide bonds. The van der Waals surface area contributed by atoms with Crippen molar-refractivity contribution in [1.82, 2.24) is 25.1 Å². The van der Waals surface area contributed by atoms with Crippen LogP contribution in [0.1, 0.15) is 30.0 Å². The molecule has 1 saturated heterocycles. The number of halogens is 1. The Balaban J connectivity index is 1.20. The highest BCUT2D eigenvalue weighted by molar-refractivity contribution is 6.35. The zero-order chi connectivity index (χ0) is 22.6. The average molecular weight is 462 g/mol. The molecule has 1 aromatic carbocycles. The number of benzene rings is 1. The van der Waals surface area contributed by atoms with E-state index in [0.717, 1.165) is 38.2 Å². The van der Waals surface area contributed by atoms with Gasteiger partial charge < -0.3 is 21.7 Å². The van der Waals surface area contributed by atoms with Crippen LogP contribution >= 0.6 is 11.6 Å². The summed E-state index contributed by atoms with van der Waals surface area (Å²) < 4.78 is 0. The first-order valence-electron chi connectivity index (χ1n) is 11.0. The van der Waals surface area contributed by atoms with Crippen LogP contribution in [0.4, 0.5) is 23.1 Å². The highest BCUT2D eigenvalue weighted by Gasteiger charge is 2.45. The molecule has 1 aliphatic heterocycles. The van der Waals surface area contributed by atoms with Gasteiger partial charge in [0.2, 0.25) is 0 Å². The number of pyridine rings is 1. The van der Waals surface area contributed by atoms with E-state index in [4.69, 9.17) is 28.1 Å². The fourth-order valence-corrected chi connectivity index (χ4v) is 5.36. The van der Waals surface area contributed by atoms with E-state index in [-0.39, 0.29) is 17.3 Å². The summed E-state index contributed by atoms with van der Waals surface area (Å²) in [5, 5.41) is 10.8. The molecule has 6 N–H and O–H groups in total. The van der Waals surface area contributed by atoms with Gasteiger partial charge in [0, 0.05) is 25.3 Å². The van der Waals surface area contributed by atoms with Gasteiger partial charge in [0.1, 0.15) is 16.7 Å². The lowest BCUT2D eigenvalue weighted by atomic mass is 9.73. The highest BCUT2D eigenvalue weighted by atomic mass is 35.5. The molecular weight excluding hydrogens is 438 g/mol. The van der Waals surface area contributed by atoms with Crippen LogP contribution in [0.15, 0.2) is 42.7 Å². The van der Waals surface area contributed by atoms with Crippen molar-refractivity contribution < 1.29 is 0 Å². The van der Waals surface area contributed by atoms with Crippen molar-refractivity contribution in [3.63, 3.8) is 0 Å². The predicted octanol–water partition coefficient (Wildman–Crippen LogP) is 3.57. The number of nitrogens with two attached hydrogens (primary N) is 2. The Bertz CT molecular complexity index is 1340. The molecule has 6 rings (SSSR count). The number of aromatic nitrogens is 5. The number of H-pyrrole nitrogens is 1. The lowest BCUT2D eigenvalue weighted by Crippen LogP contribution is -2.44. The second-order valence-corrected chi connectivity index (χ2v) is 9.26. The number of nitrogen functional groups attached to an aromatic ring is 1. The van der Waals surface area contributed by atoms with E-state index in [2.05, 4.69) is 54.6 Å². The Morgan fingerprint density at radius 3 is 2.79 bits per heavy atom. The van der Waals surface area contributed by atoms with Gasteiger partial charge in [-0.1, -0.05) is 35.9 Å². The minimum Gasteiger partial charge on any atom is -0.382 e. The number of anilines is 4. The first-order chi connectivity index (χ1) is 16.0. The molecule has 4 heterocycles. The Labute approximate surface area is 195 Å². The third-order valence-corrected chi connectivity index (χ3v) is 7.50. The summed E-state index contributed by atoms with van der Waals surface area (Å²) in [4.78, 5) is 15.7. The molecule has 168 valence electrons. The van der Waals surface area contributed by atoms with Crippen LogP contribution in [-0.4, -0.2) is 38.2 Å². The second-order valence-electron chi connectivity index (χ2n) is 8.88. The highest BCUT2D eigenvalue weighted by Crippen LogP contribution is 2.50. The zero-order valence-corrected chi connectivity index (χ0v) is 18.7. The summed E-state index contributed by atoms with van der Waals surface area (Å²) in [6.45, 7) is 1.79. The number of aromatic amines is 1. The van der Waals surface area contributed by atoms with E-state index >= 15 is 0 Å². The van der Waals surface area contributed by atoms with Crippen molar-refractivity contribution in [1.29, 1.82) is 0 Å². The molecule has 1 spiro atoms. The molecule has 3 aromatic heterocycles. The van der Waals surface area contributed by atoms with Crippen molar-refractivity contribution in [2.45, 2.75) is 25.3 Å². The minimum absolute atomic E-state index is 0.0969. The molecule has 0 unspecified atom stereocenters. The van der Waals surface area contributed by atoms with E-state index < -0.39 is 0 Å². The van der Waals surface area contributed by atoms with Crippen molar-refractivity contribution in [2.75, 3.05) is 29.0 Å². The average Bonchev–Trinajstić information content (AvgIpc) is 3.36. The van der Waals surface area contributed by atoms with Crippen LogP contribution in [0.5, 0.6) is 0 Å². The van der Waals surface area contributed by atoms with Gasteiger partial charge in [-0.25, -0.2) is 15.0 Å². The van der Waals surface area contributed by atoms with Gasteiger partial charge in [-0.3, -0.25) is 5.10 Å². The van der Waals surface area contributed by atoms with Gasteiger partial charge in [-0.05, 0) is 41.9 Å². The van der Waals surface area contributed by atoms with E-state index in [1.807, 2.05) is 0 Å². The summed E-state index contributed by atoms with van der Waals surface area (Å²) in [5.74, 6) is 1.62. The van der Waals surface area contributed by atoms with E-state index in [1.165, 1.54) is 11.1 Å². The van der Waals surface area contributed by atoms with E-state index in [0.29, 0.717) is 27.7 Å². The van der Waals surface area contributed by atoms with Crippen molar-refractivity contribution in [3.05, 3.63) is 58.9 Å². The largest absolute Gasteiger partial charge is 0.382 e. The van der Waals surface area contributed by atoms with Crippen LogP contribution < -0.4 is 21.7 Å². The molecule has 1 atom stereocenters. The van der Waals surface area contributed by atoms with Gasteiger partial charge >= 0.3 is 0 Å². The Morgan fingerprint density at radius 1 is 1.15 bits per heavy atom. The van der Waals surface area contributed by atoms with E-state index in [1.54, 1.807) is 18.5 Å². The minimum atomic E-state index is 0.0969. The SMILES string of the molecule is Nc1nccc(Nc2n[nH]c3nc(N4CCC5(CC4)Cc4ccccc4[C@H]5N)cnc23)c1Cl. The number of piperidine rings is 1. The maximum Gasteiger partial charge on any atom is 0.180 e. The van der Waals surface area contributed by atoms with Crippen LogP contribution in [-0.2, 0) is 6.42 Å². The molecule has 10 heteroatoms. The van der Waals surface area contributed by atoms with E-state index in [9.17, 15) is 0 Å². The maximum absolute atomic E-state index is 6.71. The van der Waals surface area contributed by atoms with Crippen LogP contribution in [0.25, 0.3) is 11.2 Å². The molecule has 1 fully saturated rings. The first-order valence-corrected chi connectivity index (χ1v) is 11.4. The third kappa shape index (κ3) is 3.27. The van der Waals surface area contributed by atoms with Crippen LogP contribution in [0.3, 0.4) is 0 Å². The summed E-state index contributed by atoms with van der Waals surface area (Å²) in [5.41, 5.74) is 17.2. The quantitative estimate of drug-likeness (QED) is 0.363. The molecule has 9 nitrogen and oxygen atoms in total. The van der Waals surface area contributed by atoms with Gasteiger partial charge in [0.25, 0.3) is 0 Å². The van der Waals surface area contributed by atoms with Gasteiger partial charge in [0.15, 0.2) is 17.0 Å². The number of nitrogens with zero attached hydrogens (tertiary/aromatic N) is 5. The van der Waals surface area contributed by atoms with Crippen molar-refractivity contribution in [3.8, 4) is 0 Å². The maximum atomic E-state index is 6.71. The molecular formula is C23H24ClN9. The molecule has 0 saturated carbocycles. The smallest absolute Gasteiger partial charge is 0.180 e. The standard InChI is InChI=1S/C23H24ClN9/c24-17-15(5-8-27-20(17)26)29-21-18-22(32-31-21)30-16(12-28-18)33-9-6-23(7-10-33)11-13-3-1-2-4-14(13)19(23)25/h1-5,8,12,19H,6-7,9-11,25H2,(H4,26,27,29,30,31,32)/t19-/m1/s1. The first kappa shape index (κ1) is 20.2. The predicted molar refractivity (Wildman–Crippen MR) is 130 cm³/mol. The van der Waals surface area contributed by atoms with Gasteiger partial charge in [-0.15, -0.1) is 0 Å². The fraction of sp³-hybridized carbons (Fsp3) is 0.304. The third-order valence-electron chi connectivity index (χ3n) is 7.10. The monoisotopic (exact) mass is 461 g/mol.